The second-order valence-electron chi connectivity index (χ2n) is 4.32. The normalized spacial score (nSPS) is 12.2. The van der Waals surface area contributed by atoms with E-state index in [2.05, 4.69) is 10.2 Å². The first-order valence-electron chi connectivity index (χ1n) is 5.58. The van der Waals surface area contributed by atoms with Crippen LogP contribution >= 0.6 is 0 Å². The van der Waals surface area contributed by atoms with Crippen molar-refractivity contribution >= 4 is 0 Å². The van der Waals surface area contributed by atoms with E-state index in [0.717, 1.165) is 6.07 Å². The van der Waals surface area contributed by atoms with Gasteiger partial charge in [0.25, 0.3) is 0 Å². The van der Waals surface area contributed by atoms with Crippen LogP contribution in [-0.2, 0) is 6.18 Å². The average Bonchev–Trinajstić information content (AvgIpc) is 2.76. The molecular formula is C12H11F4N3. The molecule has 1 heterocycles. The van der Waals surface area contributed by atoms with Crippen molar-refractivity contribution in [1.82, 2.24) is 14.8 Å². The lowest BCUT2D eigenvalue weighted by atomic mass is 10.1. The van der Waals surface area contributed by atoms with Crippen molar-refractivity contribution in [3.8, 4) is 11.4 Å². The van der Waals surface area contributed by atoms with Crippen LogP contribution in [0.2, 0.25) is 0 Å². The smallest absolute Gasteiger partial charge is 0.311 e. The molecule has 0 aliphatic heterocycles. The van der Waals surface area contributed by atoms with Crippen molar-refractivity contribution < 1.29 is 17.6 Å². The summed E-state index contributed by atoms with van der Waals surface area (Å²) in [5.74, 6) is -1.25. The van der Waals surface area contributed by atoms with E-state index in [1.807, 2.05) is 0 Å². The van der Waals surface area contributed by atoms with Gasteiger partial charge in [0.2, 0.25) is 0 Å². The van der Waals surface area contributed by atoms with E-state index in [1.165, 1.54) is 17.0 Å². The molecule has 19 heavy (non-hydrogen) atoms. The van der Waals surface area contributed by atoms with E-state index in [4.69, 9.17) is 0 Å². The summed E-state index contributed by atoms with van der Waals surface area (Å²) >= 11 is 0. The third-order valence-electron chi connectivity index (χ3n) is 2.67. The molecule has 102 valence electrons. The molecule has 0 unspecified atom stereocenters. The van der Waals surface area contributed by atoms with Gasteiger partial charge in [0.15, 0.2) is 5.82 Å². The molecule has 0 saturated carbocycles. The highest BCUT2D eigenvalue weighted by molar-refractivity contribution is 5.58. The molecule has 0 spiro atoms. The van der Waals surface area contributed by atoms with Crippen LogP contribution in [0.4, 0.5) is 17.6 Å². The van der Waals surface area contributed by atoms with Crippen LogP contribution in [0.25, 0.3) is 11.4 Å². The van der Waals surface area contributed by atoms with Crippen LogP contribution in [0.3, 0.4) is 0 Å². The van der Waals surface area contributed by atoms with Crippen molar-refractivity contribution in [3.63, 3.8) is 0 Å². The number of hydrogen-bond acceptors (Lipinski definition) is 2. The van der Waals surface area contributed by atoms with E-state index >= 15 is 0 Å². The molecular weight excluding hydrogens is 262 g/mol. The first-order chi connectivity index (χ1) is 8.82. The molecule has 3 nitrogen and oxygen atoms in total. The van der Waals surface area contributed by atoms with Gasteiger partial charge in [-0.15, -0.1) is 10.2 Å². The molecule has 2 rings (SSSR count). The fourth-order valence-electron chi connectivity index (χ4n) is 1.74. The Hall–Kier alpha value is -1.92. The molecule has 1 aromatic heterocycles. The van der Waals surface area contributed by atoms with Crippen LogP contribution in [0.1, 0.15) is 25.5 Å². The third kappa shape index (κ3) is 2.45. The summed E-state index contributed by atoms with van der Waals surface area (Å²) in [6, 6.07) is 3.03. The lowest BCUT2D eigenvalue weighted by Gasteiger charge is -2.13. The van der Waals surface area contributed by atoms with Gasteiger partial charge >= 0.3 is 6.18 Å². The van der Waals surface area contributed by atoms with Crippen molar-refractivity contribution in [2.24, 2.45) is 0 Å². The van der Waals surface area contributed by atoms with E-state index in [0.29, 0.717) is 6.07 Å². The monoisotopic (exact) mass is 273 g/mol. The summed E-state index contributed by atoms with van der Waals surface area (Å²) in [6.45, 7) is 3.61. The predicted molar refractivity (Wildman–Crippen MR) is 60.8 cm³/mol. The zero-order chi connectivity index (χ0) is 14.2. The summed E-state index contributed by atoms with van der Waals surface area (Å²) in [5, 5.41) is 7.32. The second-order valence-corrected chi connectivity index (χ2v) is 4.32. The van der Waals surface area contributed by atoms with Gasteiger partial charge in [0.05, 0.1) is 11.1 Å². The van der Waals surface area contributed by atoms with Crippen LogP contribution < -0.4 is 0 Å². The van der Waals surface area contributed by atoms with Crippen LogP contribution in [-0.4, -0.2) is 14.8 Å². The molecule has 0 radical (unpaired) electrons. The lowest BCUT2D eigenvalue weighted by molar-refractivity contribution is -0.139. The highest BCUT2D eigenvalue weighted by Crippen LogP contribution is 2.35. The average molecular weight is 273 g/mol. The van der Waals surface area contributed by atoms with E-state index < -0.39 is 17.6 Å². The third-order valence-corrected chi connectivity index (χ3v) is 2.67. The van der Waals surface area contributed by atoms with Crippen LogP contribution in [0, 0.1) is 5.82 Å². The van der Waals surface area contributed by atoms with Crippen molar-refractivity contribution in [2.75, 3.05) is 0 Å². The lowest BCUT2D eigenvalue weighted by Crippen LogP contribution is -2.10. The summed E-state index contributed by atoms with van der Waals surface area (Å²) in [7, 11) is 0. The first-order valence-corrected chi connectivity index (χ1v) is 5.58. The van der Waals surface area contributed by atoms with Crippen molar-refractivity contribution in [1.29, 1.82) is 0 Å². The quantitative estimate of drug-likeness (QED) is 0.781. The van der Waals surface area contributed by atoms with Gasteiger partial charge in [-0.05, 0) is 26.0 Å². The highest BCUT2D eigenvalue weighted by Gasteiger charge is 2.35. The summed E-state index contributed by atoms with van der Waals surface area (Å²) in [6.07, 6.45) is -3.37. The first kappa shape index (κ1) is 13.5. The van der Waals surface area contributed by atoms with Crippen molar-refractivity contribution in [2.45, 2.75) is 26.1 Å². The molecule has 0 fully saturated rings. The molecule has 0 saturated heterocycles. The number of aromatic nitrogens is 3. The van der Waals surface area contributed by atoms with Gasteiger partial charge in [-0.1, -0.05) is 6.07 Å². The standard InChI is InChI=1S/C12H11F4N3/c1-7(2)19-6-17-18-11(19)8-4-3-5-9(10(8)13)12(14,15)16/h3-7H,1-2H3. The number of halogens is 4. The maximum atomic E-state index is 14.0. The Labute approximate surface area is 106 Å². The Morgan fingerprint density at radius 3 is 2.47 bits per heavy atom. The number of nitrogens with zero attached hydrogens (tertiary/aromatic N) is 3. The molecule has 0 aliphatic rings. The number of hydrogen-bond donors (Lipinski definition) is 0. The minimum Gasteiger partial charge on any atom is -0.311 e. The number of benzene rings is 1. The topological polar surface area (TPSA) is 30.7 Å². The number of alkyl halides is 3. The molecule has 7 heteroatoms. The molecule has 1 aromatic carbocycles. The zero-order valence-corrected chi connectivity index (χ0v) is 10.2. The van der Waals surface area contributed by atoms with Gasteiger partial charge in [0.1, 0.15) is 12.1 Å². The Balaban J connectivity index is 2.61. The summed E-state index contributed by atoms with van der Waals surface area (Å²) < 4.78 is 53.4. The van der Waals surface area contributed by atoms with E-state index in [-0.39, 0.29) is 17.4 Å². The Kier molecular flexibility index (Phi) is 3.30. The SMILES string of the molecule is CC(C)n1cnnc1-c1cccc(C(F)(F)F)c1F. The van der Waals surface area contributed by atoms with Crippen LogP contribution in [0.5, 0.6) is 0 Å². The predicted octanol–water partition coefficient (Wildman–Crippen LogP) is 3.68. The fourth-order valence-corrected chi connectivity index (χ4v) is 1.74. The maximum absolute atomic E-state index is 14.0. The molecule has 0 N–H and O–H groups in total. The highest BCUT2D eigenvalue weighted by atomic mass is 19.4. The minimum atomic E-state index is -4.73. The molecule has 0 aliphatic carbocycles. The van der Waals surface area contributed by atoms with E-state index in [1.54, 1.807) is 13.8 Å². The van der Waals surface area contributed by atoms with Gasteiger partial charge in [-0.2, -0.15) is 13.2 Å². The molecule has 0 bridgehead atoms. The second kappa shape index (κ2) is 4.64. The summed E-state index contributed by atoms with van der Waals surface area (Å²) in [4.78, 5) is 0. The maximum Gasteiger partial charge on any atom is 0.419 e. The Morgan fingerprint density at radius 1 is 1.21 bits per heavy atom. The largest absolute Gasteiger partial charge is 0.419 e. The van der Waals surface area contributed by atoms with Crippen LogP contribution in [0.15, 0.2) is 24.5 Å². The fraction of sp³-hybridized carbons (Fsp3) is 0.333. The van der Waals surface area contributed by atoms with Gasteiger partial charge < -0.3 is 4.57 Å². The molecule has 2 aromatic rings. The Morgan fingerprint density at radius 2 is 1.89 bits per heavy atom. The van der Waals surface area contributed by atoms with Gasteiger partial charge in [-0.3, -0.25) is 0 Å². The molecule has 0 amide bonds. The van der Waals surface area contributed by atoms with E-state index in [9.17, 15) is 17.6 Å². The molecule has 0 atom stereocenters. The zero-order valence-electron chi connectivity index (χ0n) is 10.2. The summed E-state index contributed by atoms with van der Waals surface area (Å²) in [5.41, 5.74) is -1.51. The van der Waals surface area contributed by atoms with Gasteiger partial charge in [-0.25, -0.2) is 4.39 Å². The number of rotatable bonds is 2. The van der Waals surface area contributed by atoms with Crippen molar-refractivity contribution in [3.05, 3.63) is 35.9 Å². The minimum absolute atomic E-state index is 0.0820. The Bertz CT molecular complexity index is 587. The van der Waals surface area contributed by atoms with Gasteiger partial charge in [0, 0.05) is 6.04 Å².